The van der Waals surface area contributed by atoms with E-state index in [2.05, 4.69) is 41.6 Å². The van der Waals surface area contributed by atoms with Crippen molar-refractivity contribution in [2.75, 3.05) is 20.3 Å². The Morgan fingerprint density at radius 1 is 1.11 bits per heavy atom. The minimum atomic E-state index is -4.16. The SMILES string of the molecule is COC[C@H]1CCCN1NS(=O)(=O)c1c(Cl)ccc(N=C=Nc2cccc(Cl)c2Cl)c1O[Si](C)(C)C(C)(C)C. The Kier molecular flexibility index (Phi) is 10.1. The quantitative estimate of drug-likeness (QED) is 0.232. The number of halogens is 3. The highest BCUT2D eigenvalue weighted by Gasteiger charge is 2.42. The van der Waals surface area contributed by atoms with Gasteiger partial charge in [-0.2, -0.15) is 9.98 Å². The Morgan fingerprint density at radius 3 is 2.45 bits per heavy atom. The lowest BCUT2D eigenvalue weighted by atomic mass is 10.2. The number of nitrogens with one attached hydrogen (secondary N) is 1. The van der Waals surface area contributed by atoms with Crippen molar-refractivity contribution < 1.29 is 17.6 Å². The minimum absolute atomic E-state index is 0.0162. The van der Waals surface area contributed by atoms with Gasteiger partial charge < -0.3 is 9.16 Å². The summed E-state index contributed by atoms with van der Waals surface area (Å²) >= 11 is 18.8. The Morgan fingerprint density at radius 2 is 1.79 bits per heavy atom. The molecule has 0 saturated carbocycles. The monoisotopic (exact) mass is 618 g/mol. The van der Waals surface area contributed by atoms with Crippen LogP contribution in [0.25, 0.3) is 0 Å². The van der Waals surface area contributed by atoms with E-state index in [-0.39, 0.29) is 37.5 Å². The zero-order chi connectivity index (χ0) is 28.3. The van der Waals surface area contributed by atoms with Crippen molar-refractivity contribution in [1.82, 2.24) is 9.84 Å². The molecular weight excluding hydrogens is 587 g/mol. The van der Waals surface area contributed by atoms with Crippen LogP contribution in [0.15, 0.2) is 45.2 Å². The van der Waals surface area contributed by atoms with Gasteiger partial charge in [0.1, 0.15) is 16.6 Å². The standard InChI is InChI=1S/C25H33Cl3N4O4SSi/c1-25(2,3)38(5,6)36-23-21(30-16-29-20-11-7-10-18(26)22(20)28)13-12-19(27)24(23)37(33,34)31-32-14-8-9-17(32)15-35-4/h7,10-13,17,31H,8-9,14-15H2,1-6H3/t17-/m1/s1. The maximum atomic E-state index is 13.8. The lowest BCUT2D eigenvalue weighted by Crippen LogP contribution is -2.47. The summed E-state index contributed by atoms with van der Waals surface area (Å²) in [5.41, 5.74) is 0.591. The molecule has 1 heterocycles. The van der Waals surface area contributed by atoms with Crippen LogP contribution in [-0.4, -0.2) is 54.1 Å². The van der Waals surface area contributed by atoms with Crippen LogP contribution in [0.2, 0.25) is 33.2 Å². The first-order valence-corrected chi connectivity index (χ1v) is 17.6. The summed E-state index contributed by atoms with van der Waals surface area (Å²) in [7, 11) is -5.11. The molecule has 1 N–H and O–H groups in total. The van der Waals surface area contributed by atoms with Crippen LogP contribution in [0.5, 0.6) is 5.75 Å². The zero-order valence-corrected chi connectivity index (χ0v) is 26.4. The third-order valence-corrected chi connectivity index (χ3v) is 13.7. The van der Waals surface area contributed by atoms with Crippen LogP contribution in [0.3, 0.4) is 0 Å². The highest BCUT2D eigenvalue weighted by Crippen LogP contribution is 2.45. The number of hydrazine groups is 1. The van der Waals surface area contributed by atoms with Crippen molar-refractivity contribution in [2.45, 2.75) is 62.7 Å². The number of benzene rings is 2. The first-order chi connectivity index (χ1) is 17.7. The van der Waals surface area contributed by atoms with E-state index in [0.29, 0.717) is 23.9 Å². The fraction of sp³-hybridized carbons (Fsp3) is 0.480. The van der Waals surface area contributed by atoms with Gasteiger partial charge in [0.15, 0.2) is 5.75 Å². The number of aliphatic imine (C=N–C) groups is 2. The molecule has 0 unspecified atom stereocenters. The van der Waals surface area contributed by atoms with E-state index in [1.165, 1.54) is 6.07 Å². The third kappa shape index (κ3) is 7.18. The maximum absolute atomic E-state index is 13.8. The number of methoxy groups -OCH3 is 1. The van der Waals surface area contributed by atoms with Crippen molar-refractivity contribution in [2.24, 2.45) is 9.98 Å². The van der Waals surface area contributed by atoms with Gasteiger partial charge in [0.05, 0.1) is 27.4 Å². The second kappa shape index (κ2) is 12.4. The van der Waals surface area contributed by atoms with Gasteiger partial charge in [0, 0.05) is 19.7 Å². The number of rotatable bonds is 9. The van der Waals surface area contributed by atoms with Crippen LogP contribution in [0.1, 0.15) is 33.6 Å². The fourth-order valence-electron chi connectivity index (χ4n) is 3.61. The Balaban J connectivity index is 2.14. The van der Waals surface area contributed by atoms with Crippen molar-refractivity contribution in [3.05, 3.63) is 45.4 Å². The molecule has 38 heavy (non-hydrogen) atoms. The van der Waals surface area contributed by atoms with Crippen LogP contribution in [-0.2, 0) is 14.8 Å². The largest absolute Gasteiger partial charge is 0.541 e. The summed E-state index contributed by atoms with van der Waals surface area (Å²) in [5.74, 6) is 0.0546. The van der Waals surface area contributed by atoms with Gasteiger partial charge in [-0.3, -0.25) is 0 Å². The molecule has 2 aromatic rings. The van der Waals surface area contributed by atoms with E-state index in [4.69, 9.17) is 44.0 Å². The summed E-state index contributed by atoms with van der Waals surface area (Å²) < 4.78 is 39.4. The number of sulfonamides is 1. The molecule has 1 aliphatic rings. The number of hydrogen-bond donors (Lipinski definition) is 1. The molecule has 0 spiro atoms. The number of hydrogen-bond acceptors (Lipinski definition) is 7. The molecule has 0 aromatic heterocycles. The van der Waals surface area contributed by atoms with Crippen LogP contribution >= 0.6 is 34.8 Å². The van der Waals surface area contributed by atoms with Gasteiger partial charge >= 0.3 is 0 Å². The lowest BCUT2D eigenvalue weighted by Gasteiger charge is -2.37. The first kappa shape index (κ1) is 31.1. The van der Waals surface area contributed by atoms with Gasteiger partial charge in [-0.05, 0) is 55.2 Å². The van der Waals surface area contributed by atoms with Crippen molar-refractivity contribution >= 4 is 70.5 Å². The molecule has 1 atom stereocenters. The number of nitrogens with zero attached hydrogens (tertiary/aromatic N) is 3. The molecule has 2 aromatic carbocycles. The molecule has 0 radical (unpaired) electrons. The van der Waals surface area contributed by atoms with Gasteiger partial charge in [-0.1, -0.05) is 61.6 Å². The predicted molar refractivity (Wildman–Crippen MR) is 157 cm³/mol. The Bertz CT molecular complexity index is 1340. The van der Waals surface area contributed by atoms with E-state index < -0.39 is 18.3 Å². The average molecular weight is 620 g/mol. The molecule has 1 aliphatic heterocycles. The normalized spacial score (nSPS) is 16.8. The zero-order valence-electron chi connectivity index (χ0n) is 22.3. The Labute approximate surface area is 241 Å². The average Bonchev–Trinajstić information content (AvgIpc) is 3.23. The van der Waals surface area contributed by atoms with Gasteiger partial charge in [-0.25, -0.2) is 13.4 Å². The van der Waals surface area contributed by atoms with Crippen LogP contribution in [0.4, 0.5) is 11.4 Å². The highest BCUT2D eigenvalue weighted by atomic mass is 35.5. The molecule has 3 rings (SSSR count). The molecular formula is C25H33Cl3N4O4SSi. The highest BCUT2D eigenvalue weighted by molar-refractivity contribution is 7.89. The first-order valence-electron chi connectivity index (χ1n) is 12.1. The molecule has 208 valence electrons. The molecule has 1 fully saturated rings. The summed E-state index contributed by atoms with van der Waals surface area (Å²) in [5, 5.41) is 2.06. The molecule has 0 aliphatic carbocycles. The van der Waals surface area contributed by atoms with Crippen LogP contribution in [0, 0.1) is 0 Å². The van der Waals surface area contributed by atoms with E-state index in [0.717, 1.165) is 12.8 Å². The van der Waals surface area contributed by atoms with Gasteiger partial charge in [-0.15, -0.1) is 4.83 Å². The van der Waals surface area contributed by atoms with E-state index >= 15 is 0 Å². The van der Waals surface area contributed by atoms with Gasteiger partial charge in [0.25, 0.3) is 18.3 Å². The van der Waals surface area contributed by atoms with E-state index in [9.17, 15) is 8.42 Å². The summed E-state index contributed by atoms with van der Waals surface area (Å²) in [4.78, 5) is 11.0. The smallest absolute Gasteiger partial charge is 0.258 e. The molecule has 0 bridgehead atoms. The molecule has 8 nitrogen and oxygen atoms in total. The topological polar surface area (TPSA) is 92.6 Å². The van der Waals surface area contributed by atoms with Crippen molar-refractivity contribution in [3.63, 3.8) is 0 Å². The summed E-state index contributed by atoms with van der Waals surface area (Å²) in [6.07, 6.45) is 1.65. The number of ether oxygens (including phenoxy) is 1. The fourth-order valence-corrected chi connectivity index (χ4v) is 6.85. The lowest BCUT2D eigenvalue weighted by molar-refractivity contribution is 0.104. The third-order valence-electron chi connectivity index (χ3n) is 6.72. The van der Waals surface area contributed by atoms with E-state index in [1.807, 2.05) is 13.1 Å². The summed E-state index contributed by atoms with van der Waals surface area (Å²) in [6.45, 7) is 11.1. The van der Waals surface area contributed by atoms with Gasteiger partial charge in [0.2, 0.25) is 0 Å². The Hall–Kier alpha value is -1.46. The van der Waals surface area contributed by atoms with E-state index in [1.54, 1.807) is 36.4 Å². The minimum Gasteiger partial charge on any atom is -0.541 e. The van der Waals surface area contributed by atoms with Crippen LogP contribution < -0.4 is 9.26 Å². The van der Waals surface area contributed by atoms with Crippen molar-refractivity contribution in [3.8, 4) is 5.75 Å². The summed E-state index contributed by atoms with van der Waals surface area (Å²) in [6, 6.07) is 10.6. The second-order valence-electron chi connectivity index (χ2n) is 10.5. The second-order valence-corrected chi connectivity index (χ2v) is 18.0. The molecule has 0 amide bonds. The molecule has 13 heteroatoms. The molecule has 1 saturated heterocycles. The van der Waals surface area contributed by atoms with Crippen molar-refractivity contribution in [1.29, 1.82) is 0 Å². The predicted octanol–water partition coefficient (Wildman–Crippen LogP) is 7.47. The maximum Gasteiger partial charge on any atom is 0.258 e.